The van der Waals surface area contributed by atoms with E-state index in [4.69, 9.17) is 5.26 Å². The van der Waals surface area contributed by atoms with E-state index in [2.05, 4.69) is 20.9 Å². The normalized spacial score (nSPS) is 7.92. The Hall–Kier alpha value is -0.880. The minimum atomic E-state index is 0.489. The fraction of sp³-hybridized carbons (Fsp3) is 0.333. The number of aromatic nitrogens is 1. The number of aryl methyl sites for hydroxylation is 2. The van der Waals surface area contributed by atoms with Crippen LogP contribution < -0.4 is 0 Å². The van der Waals surface area contributed by atoms with Gasteiger partial charge in [0.2, 0.25) is 0 Å². The Kier molecular flexibility index (Phi) is 5.31. The van der Waals surface area contributed by atoms with Crippen LogP contribution in [0.2, 0.25) is 0 Å². The van der Waals surface area contributed by atoms with E-state index in [1.807, 2.05) is 31.8 Å². The summed E-state index contributed by atoms with van der Waals surface area (Å²) >= 11 is 2.94. The molecule has 12 heavy (non-hydrogen) atoms. The first kappa shape index (κ1) is 11.1. The third-order valence-electron chi connectivity index (χ3n) is 1.46. The largest absolute Gasteiger partial charge is 0.242 e. The molecule has 0 atom stereocenters. The number of alkyl halides is 1. The molecule has 0 aromatic carbocycles. The van der Waals surface area contributed by atoms with E-state index in [0.717, 1.165) is 11.3 Å². The summed E-state index contributed by atoms with van der Waals surface area (Å²) in [6.07, 6.45) is 0. The van der Waals surface area contributed by atoms with Crippen LogP contribution in [0.15, 0.2) is 12.1 Å². The van der Waals surface area contributed by atoms with Crippen molar-refractivity contribution in [1.82, 2.24) is 4.98 Å². The fourth-order valence-electron chi connectivity index (χ4n) is 0.693. The Labute approximate surface area is 81.4 Å². The molecule has 1 aromatic rings. The minimum Gasteiger partial charge on any atom is -0.242 e. The molecule has 1 aromatic heterocycles. The average molecular weight is 227 g/mol. The standard InChI is InChI=1S/C8H8N2.CH3Br/c1-6-3-4-8(5-9)10-7(6)2;1-2/h3-4H,1-2H3;1H3. The molecule has 0 N–H and O–H groups in total. The summed E-state index contributed by atoms with van der Waals surface area (Å²) in [7, 11) is 0. The van der Waals surface area contributed by atoms with Gasteiger partial charge in [-0.2, -0.15) is 5.26 Å². The zero-order valence-corrected chi connectivity index (χ0v) is 9.01. The van der Waals surface area contributed by atoms with Crippen LogP contribution in [0.4, 0.5) is 0 Å². The molecule has 1 heterocycles. The lowest BCUT2D eigenvalue weighted by Gasteiger charge is -1.95. The first-order chi connectivity index (χ1) is 5.74. The molecular weight excluding hydrogens is 216 g/mol. The van der Waals surface area contributed by atoms with E-state index in [-0.39, 0.29) is 0 Å². The van der Waals surface area contributed by atoms with E-state index in [1.54, 1.807) is 6.07 Å². The molecular formula is C9H11BrN2. The minimum absolute atomic E-state index is 0.489. The molecule has 0 bridgehead atoms. The smallest absolute Gasteiger partial charge is 0.140 e. The topological polar surface area (TPSA) is 36.7 Å². The number of nitrogens with zero attached hydrogens (tertiary/aromatic N) is 2. The second-order valence-corrected chi connectivity index (χ2v) is 2.21. The van der Waals surface area contributed by atoms with Crippen LogP contribution in [0, 0.1) is 25.2 Å². The van der Waals surface area contributed by atoms with Gasteiger partial charge < -0.3 is 0 Å². The Morgan fingerprint density at radius 2 is 1.92 bits per heavy atom. The van der Waals surface area contributed by atoms with Gasteiger partial charge in [-0.15, -0.1) is 0 Å². The average Bonchev–Trinajstić information content (AvgIpc) is 2.13. The molecule has 3 heteroatoms. The van der Waals surface area contributed by atoms with E-state index < -0.39 is 0 Å². The maximum absolute atomic E-state index is 8.44. The summed E-state index contributed by atoms with van der Waals surface area (Å²) in [4.78, 5) is 4.03. The first-order valence-electron chi connectivity index (χ1n) is 3.46. The van der Waals surface area contributed by atoms with Crippen molar-refractivity contribution in [3.8, 4) is 6.07 Å². The second-order valence-electron chi connectivity index (χ2n) is 2.21. The van der Waals surface area contributed by atoms with Crippen molar-refractivity contribution < 1.29 is 0 Å². The number of hydrogen-bond acceptors (Lipinski definition) is 2. The molecule has 64 valence electrons. The van der Waals surface area contributed by atoms with Crippen LogP contribution in [0.1, 0.15) is 17.0 Å². The second kappa shape index (κ2) is 5.73. The lowest BCUT2D eigenvalue weighted by Crippen LogP contribution is -1.88. The quantitative estimate of drug-likeness (QED) is 0.638. The predicted octanol–water partition coefficient (Wildman–Crippen LogP) is 2.58. The van der Waals surface area contributed by atoms with Crippen molar-refractivity contribution >= 4 is 15.9 Å². The Bertz CT molecular complexity index is 289. The molecule has 0 amide bonds. The van der Waals surface area contributed by atoms with Gasteiger partial charge in [0, 0.05) is 5.69 Å². The van der Waals surface area contributed by atoms with E-state index in [1.165, 1.54) is 0 Å². The van der Waals surface area contributed by atoms with Crippen LogP contribution >= 0.6 is 15.9 Å². The highest BCUT2D eigenvalue weighted by Gasteiger charge is 1.94. The van der Waals surface area contributed by atoms with Crippen molar-refractivity contribution in [3.05, 3.63) is 29.1 Å². The van der Waals surface area contributed by atoms with Gasteiger partial charge in [-0.25, -0.2) is 4.98 Å². The molecule has 0 saturated heterocycles. The van der Waals surface area contributed by atoms with Crippen molar-refractivity contribution in [2.24, 2.45) is 0 Å². The highest BCUT2D eigenvalue weighted by atomic mass is 79.9. The third-order valence-corrected chi connectivity index (χ3v) is 1.46. The van der Waals surface area contributed by atoms with Crippen molar-refractivity contribution in [3.63, 3.8) is 0 Å². The highest BCUT2D eigenvalue weighted by molar-refractivity contribution is 9.08. The molecule has 0 aliphatic rings. The summed E-state index contributed by atoms with van der Waals surface area (Å²) in [5, 5.41) is 8.44. The molecule has 0 saturated carbocycles. The van der Waals surface area contributed by atoms with Gasteiger partial charge in [0.25, 0.3) is 0 Å². The third kappa shape index (κ3) is 3.02. The fourth-order valence-corrected chi connectivity index (χ4v) is 0.693. The van der Waals surface area contributed by atoms with E-state index in [9.17, 15) is 0 Å². The summed E-state index contributed by atoms with van der Waals surface area (Å²) in [5.74, 6) is 1.81. The van der Waals surface area contributed by atoms with E-state index in [0.29, 0.717) is 5.69 Å². The van der Waals surface area contributed by atoms with Crippen LogP contribution in [-0.4, -0.2) is 10.8 Å². The highest BCUT2D eigenvalue weighted by Crippen LogP contribution is 2.03. The summed E-state index contributed by atoms with van der Waals surface area (Å²) in [5.41, 5.74) is 2.54. The Balaban J connectivity index is 0.000000561. The molecule has 0 fully saturated rings. The zero-order valence-electron chi connectivity index (χ0n) is 7.43. The summed E-state index contributed by atoms with van der Waals surface area (Å²) < 4.78 is 0. The number of halogens is 1. The van der Waals surface area contributed by atoms with Gasteiger partial charge in [-0.3, -0.25) is 0 Å². The van der Waals surface area contributed by atoms with Crippen molar-refractivity contribution in [2.45, 2.75) is 13.8 Å². The van der Waals surface area contributed by atoms with Crippen LogP contribution in [-0.2, 0) is 0 Å². The predicted molar refractivity (Wildman–Crippen MR) is 53.3 cm³/mol. The molecule has 0 radical (unpaired) electrons. The van der Waals surface area contributed by atoms with Crippen molar-refractivity contribution in [2.75, 3.05) is 5.83 Å². The Morgan fingerprint density at radius 3 is 2.33 bits per heavy atom. The van der Waals surface area contributed by atoms with Gasteiger partial charge in [0.05, 0.1) is 0 Å². The zero-order chi connectivity index (χ0) is 9.56. The molecule has 0 unspecified atom stereocenters. The van der Waals surface area contributed by atoms with E-state index >= 15 is 0 Å². The van der Waals surface area contributed by atoms with Gasteiger partial charge >= 0.3 is 0 Å². The first-order valence-corrected chi connectivity index (χ1v) is 5.05. The van der Waals surface area contributed by atoms with Crippen molar-refractivity contribution in [1.29, 1.82) is 5.26 Å². The monoisotopic (exact) mass is 226 g/mol. The maximum Gasteiger partial charge on any atom is 0.140 e. The lowest BCUT2D eigenvalue weighted by molar-refractivity contribution is 1.12. The van der Waals surface area contributed by atoms with Gasteiger partial charge in [0.15, 0.2) is 0 Å². The molecule has 0 spiro atoms. The molecule has 0 aliphatic carbocycles. The lowest BCUT2D eigenvalue weighted by atomic mass is 10.2. The van der Waals surface area contributed by atoms with Gasteiger partial charge in [0.1, 0.15) is 11.8 Å². The number of rotatable bonds is 0. The van der Waals surface area contributed by atoms with Crippen LogP contribution in [0.3, 0.4) is 0 Å². The number of hydrogen-bond donors (Lipinski definition) is 0. The molecule has 2 nitrogen and oxygen atoms in total. The summed E-state index contributed by atoms with van der Waals surface area (Å²) in [6, 6.07) is 5.61. The summed E-state index contributed by atoms with van der Waals surface area (Å²) in [6.45, 7) is 3.87. The van der Waals surface area contributed by atoms with Gasteiger partial charge in [-0.05, 0) is 31.3 Å². The molecule has 1 rings (SSSR count). The number of nitriles is 1. The maximum atomic E-state index is 8.44. The molecule has 0 aliphatic heterocycles. The van der Waals surface area contributed by atoms with Gasteiger partial charge in [-0.1, -0.05) is 22.0 Å². The SMILES string of the molecule is CBr.Cc1ccc(C#N)nc1C. The number of pyridine rings is 1. The Morgan fingerprint density at radius 1 is 1.33 bits per heavy atom. The van der Waals surface area contributed by atoms with Crippen LogP contribution in [0.25, 0.3) is 0 Å². The van der Waals surface area contributed by atoms with Crippen LogP contribution in [0.5, 0.6) is 0 Å².